The van der Waals surface area contributed by atoms with Crippen LogP contribution in [-0.2, 0) is 10.0 Å². The number of nitrogens with zero attached hydrogens (tertiary/aromatic N) is 4. The topological polar surface area (TPSA) is 99.0 Å². The number of anilines is 1. The van der Waals surface area contributed by atoms with Gasteiger partial charge in [-0.2, -0.15) is 0 Å². The van der Waals surface area contributed by atoms with E-state index in [0.29, 0.717) is 23.3 Å². The number of hydrogen-bond acceptors (Lipinski definition) is 6. The largest absolute Gasteiger partial charge is 0.497 e. The zero-order chi connectivity index (χ0) is 18.1. The number of ether oxygens (including phenoxy) is 1. The van der Waals surface area contributed by atoms with E-state index in [0.717, 1.165) is 18.4 Å². The van der Waals surface area contributed by atoms with Gasteiger partial charge in [-0.25, -0.2) is 13.1 Å². The Balaban J connectivity index is 1.61. The van der Waals surface area contributed by atoms with Gasteiger partial charge in [-0.1, -0.05) is 12.1 Å². The Kier molecular flexibility index (Phi) is 4.08. The van der Waals surface area contributed by atoms with Crippen LogP contribution in [0, 0.1) is 0 Å². The van der Waals surface area contributed by atoms with Gasteiger partial charge in [0.05, 0.1) is 18.0 Å². The van der Waals surface area contributed by atoms with Crippen LogP contribution in [0.2, 0.25) is 0 Å². The third-order valence-corrected chi connectivity index (χ3v) is 5.53. The first-order chi connectivity index (χ1) is 12.6. The minimum absolute atomic E-state index is 0.159. The third kappa shape index (κ3) is 3.25. The fourth-order valence-electron chi connectivity index (χ4n) is 2.64. The van der Waals surface area contributed by atoms with Gasteiger partial charge in [-0.3, -0.25) is 4.72 Å². The number of aromatic nitrogens is 4. The van der Waals surface area contributed by atoms with Crippen LogP contribution in [0.3, 0.4) is 0 Å². The summed E-state index contributed by atoms with van der Waals surface area (Å²) in [6.45, 7) is 0. The van der Waals surface area contributed by atoms with Crippen LogP contribution in [0.4, 0.5) is 5.69 Å². The van der Waals surface area contributed by atoms with E-state index >= 15 is 0 Å². The molecule has 1 fully saturated rings. The second-order valence-electron chi connectivity index (χ2n) is 6.04. The van der Waals surface area contributed by atoms with Crippen LogP contribution < -0.4 is 9.46 Å². The molecular weight excluding hydrogens is 354 g/mol. The molecule has 1 aliphatic carbocycles. The molecule has 1 aliphatic rings. The SMILES string of the molecule is COc1ccc(S(=O)(=O)Nc2cccc(-c3nnnn3C3CC3)c2)cc1. The highest BCUT2D eigenvalue weighted by atomic mass is 32.2. The van der Waals surface area contributed by atoms with Gasteiger partial charge in [0, 0.05) is 11.3 Å². The average molecular weight is 371 g/mol. The number of sulfonamides is 1. The van der Waals surface area contributed by atoms with Crippen LogP contribution in [0.5, 0.6) is 5.75 Å². The van der Waals surface area contributed by atoms with E-state index in [9.17, 15) is 8.42 Å². The van der Waals surface area contributed by atoms with Gasteiger partial charge in [0.2, 0.25) is 0 Å². The van der Waals surface area contributed by atoms with Crippen molar-refractivity contribution in [3.8, 4) is 17.1 Å². The monoisotopic (exact) mass is 371 g/mol. The van der Waals surface area contributed by atoms with E-state index in [4.69, 9.17) is 4.74 Å². The fraction of sp³-hybridized carbons (Fsp3) is 0.235. The second kappa shape index (κ2) is 6.41. The van der Waals surface area contributed by atoms with Gasteiger partial charge in [0.15, 0.2) is 5.82 Å². The molecule has 0 aliphatic heterocycles. The Hall–Kier alpha value is -2.94. The summed E-state index contributed by atoms with van der Waals surface area (Å²) in [4.78, 5) is 0.159. The second-order valence-corrected chi connectivity index (χ2v) is 7.72. The van der Waals surface area contributed by atoms with Crippen LogP contribution in [0.1, 0.15) is 18.9 Å². The summed E-state index contributed by atoms with van der Waals surface area (Å²) >= 11 is 0. The predicted octanol–water partition coefficient (Wildman–Crippen LogP) is 2.48. The minimum atomic E-state index is -3.70. The first-order valence-corrected chi connectivity index (χ1v) is 9.60. The van der Waals surface area contributed by atoms with Gasteiger partial charge in [0.1, 0.15) is 5.75 Å². The quantitative estimate of drug-likeness (QED) is 0.715. The molecule has 4 rings (SSSR count). The lowest BCUT2D eigenvalue weighted by Crippen LogP contribution is -2.13. The van der Waals surface area contributed by atoms with Crippen molar-refractivity contribution in [3.05, 3.63) is 48.5 Å². The molecule has 2 aromatic carbocycles. The standard InChI is InChI=1S/C17H17N5O3S/c1-25-15-7-9-16(10-8-15)26(23,24)19-13-4-2-3-12(11-13)17-18-20-21-22(17)14-5-6-14/h2-4,7-11,14,19H,5-6H2,1H3. The normalized spacial score (nSPS) is 14.2. The van der Waals surface area contributed by atoms with Crippen molar-refractivity contribution >= 4 is 15.7 Å². The Labute approximate surface area is 150 Å². The van der Waals surface area contributed by atoms with Crippen molar-refractivity contribution in [2.24, 2.45) is 0 Å². The Morgan fingerprint density at radius 3 is 2.62 bits per heavy atom. The van der Waals surface area contributed by atoms with Crippen LogP contribution in [-0.4, -0.2) is 35.7 Å². The molecule has 0 radical (unpaired) electrons. The molecule has 26 heavy (non-hydrogen) atoms. The average Bonchev–Trinajstić information content (AvgIpc) is 3.38. The van der Waals surface area contributed by atoms with Gasteiger partial charge in [-0.05, 0) is 59.7 Å². The van der Waals surface area contributed by atoms with Crippen LogP contribution >= 0.6 is 0 Å². The number of tetrazole rings is 1. The van der Waals surface area contributed by atoms with Crippen LogP contribution in [0.25, 0.3) is 11.4 Å². The number of methoxy groups -OCH3 is 1. The minimum Gasteiger partial charge on any atom is -0.497 e. The van der Waals surface area contributed by atoms with Crippen molar-refractivity contribution in [1.82, 2.24) is 20.2 Å². The van der Waals surface area contributed by atoms with Gasteiger partial charge in [-0.15, -0.1) is 5.10 Å². The van der Waals surface area contributed by atoms with Crippen LogP contribution in [0.15, 0.2) is 53.4 Å². The highest BCUT2D eigenvalue weighted by molar-refractivity contribution is 7.92. The Bertz CT molecular complexity index is 1030. The molecule has 1 N–H and O–H groups in total. The molecular formula is C17H17N5O3S. The summed E-state index contributed by atoms with van der Waals surface area (Å²) < 4.78 is 34.6. The molecule has 1 heterocycles. The van der Waals surface area contributed by atoms with E-state index in [-0.39, 0.29) is 4.90 Å². The maximum atomic E-state index is 12.6. The molecule has 3 aromatic rings. The molecule has 9 heteroatoms. The molecule has 134 valence electrons. The maximum absolute atomic E-state index is 12.6. The van der Waals surface area contributed by atoms with Crippen molar-refractivity contribution in [1.29, 1.82) is 0 Å². The lowest BCUT2D eigenvalue weighted by molar-refractivity contribution is 0.414. The number of rotatable bonds is 6. The molecule has 8 nitrogen and oxygen atoms in total. The number of hydrogen-bond donors (Lipinski definition) is 1. The molecule has 0 bridgehead atoms. The van der Waals surface area contributed by atoms with Gasteiger partial charge < -0.3 is 4.74 Å². The molecule has 1 aromatic heterocycles. The Morgan fingerprint density at radius 2 is 1.92 bits per heavy atom. The highest BCUT2D eigenvalue weighted by Gasteiger charge is 2.28. The molecule has 1 saturated carbocycles. The molecule has 0 atom stereocenters. The zero-order valence-corrected chi connectivity index (χ0v) is 14.8. The molecule has 0 spiro atoms. The van der Waals surface area contributed by atoms with E-state index in [1.54, 1.807) is 35.0 Å². The lowest BCUT2D eigenvalue weighted by Gasteiger charge is -2.10. The lowest BCUT2D eigenvalue weighted by atomic mass is 10.2. The Morgan fingerprint density at radius 1 is 1.15 bits per heavy atom. The molecule has 0 saturated heterocycles. The summed E-state index contributed by atoms with van der Waals surface area (Å²) in [5.74, 6) is 1.23. The van der Waals surface area contributed by atoms with E-state index < -0.39 is 10.0 Å². The number of nitrogens with one attached hydrogen (secondary N) is 1. The molecule has 0 amide bonds. The maximum Gasteiger partial charge on any atom is 0.261 e. The summed E-state index contributed by atoms with van der Waals surface area (Å²) in [5, 5.41) is 11.8. The van der Waals surface area contributed by atoms with E-state index in [2.05, 4.69) is 20.2 Å². The van der Waals surface area contributed by atoms with Gasteiger partial charge >= 0.3 is 0 Å². The zero-order valence-electron chi connectivity index (χ0n) is 14.0. The van der Waals surface area contributed by atoms with Crippen molar-refractivity contribution in [3.63, 3.8) is 0 Å². The molecule has 0 unspecified atom stereocenters. The highest BCUT2D eigenvalue weighted by Crippen LogP contribution is 2.36. The summed E-state index contributed by atoms with van der Waals surface area (Å²) in [6.07, 6.45) is 2.11. The van der Waals surface area contributed by atoms with E-state index in [1.165, 1.54) is 19.2 Å². The summed E-state index contributed by atoms with van der Waals surface area (Å²) in [6, 6.07) is 13.6. The first kappa shape index (κ1) is 16.5. The first-order valence-electron chi connectivity index (χ1n) is 8.12. The number of benzene rings is 2. The predicted molar refractivity (Wildman–Crippen MR) is 95.3 cm³/mol. The van der Waals surface area contributed by atoms with Crippen molar-refractivity contribution in [2.75, 3.05) is 11.8 Å². The fourth-order valence-corrected chi connectivity index (χ4v) is 3.69. The third-order valence-electron chi connectivity index (χ3n) is 4.13. The summed E-state index contributed by atoms with van der Waals surface area (Å²) in [5.41, 5.74) is 1.21. The van der Waals surface area contributed by atoms with Crippen molar-refractivity contribution in [2.45, 2.75) is 23.8 Å². The van der Waals surface area contributed by atoms with E-state index in [1.807, 2.05) is 6.07 Å². The van der Waals surface area contributed by atoms with Gasteiger partial charge in [0.25, 0.3) is 10.0 Å². The van der Waals surface area contributed by atoms with Crippen molar-refractivity contribution < 1.29 is 13.2 Å². The summed E-state index contributed by atoms with van der Waals surface area (Å²) in [7, 11) is -2.17. The smallest absolute Gasteiger partial charge is 0.261 e.